The molecule has 116 valence electrons. The smallest absolute Gasteiger partial charge is 0.390 e. The second kappa shape index (κ2) is 4.77. The van der Waals surface area contributed by atoms with Gasteiger partial charge in [0.05, 0.1) is 6.54 Å². The molecule has 1 unspecified atom stereocenters. The molecule has 1 aromatic carbocycles. The fourth-order valence-corrected chi connectivity index (χ4v) is 2.94. The predicted molar refractivity (Wildman–Crippen MR) is 79.9 cm³/mol. The normalized spacial score (nSPS) is 19.7. The SMILES string of the molecule is Cc1c[n+]2c(o1)N=C1C2C(=O)N(Cc2ccccc2)C(=O)N1C. The van der Waals surface area contributed by atoms with Crippen molar-refractivity contribution in [1.82, 2.24) is 9.80 Å². The van der Waals surface area contributed by atoms with Gasteiger partial charge in [-0.15, -0.1) is 0 Å². The summed E-state index contributed by atoms with van der Waals surface area (Å²) in [6.07, 6.45) is 1.73. The number of aromatic nitrogens is 1. The van der Waals surface area contributed by atoms with Crippen LogP contribution in [0.4, 0.5) is 10.8 Å². The number of benzene rings is 1. The number of carbonyl (C=O) groups excluding carboxylic acids is 2. The van der Waals surface area contributed by atoms with Crippen LogP contribution >= 0.6 is 0 Å². The van der Waals surface area contributed by atoms with Gasteiger partial charge in [0.2, 0.25) is 0 Å². The standard InChI is InChI=1S/C16H15N4O3/c1-10-8-19-12-13(17-15(19)23-10)18(2)16(22)20(14(12)21)9-11-6-4-3-5-7-11/h3-8,12H,9H2,1-2H3/q+1. The van der Waals surface area contributed by atoms with Gasteiger partial charge in [-0.2, -0.15) is 4.57 Å². The number of carbonyl (C=O) groups is 2. The first kappa shape index (κ1) is 13.7. The Morgan fingerprint density at radius 3 is 2.74 bits per heavy atom. The number of hydrogen-bond donors (Lipinski definition) is 0. The number of fused-ring (bicyclic) bond motifs is 3. The van der Waals surface area contributed by atoms with E-state index in [1.807, 2.05) is 30.3 Å². The summed E-state index contributed by atoms with van der Waals surface area (Å²) in [7, 11) is 1.62. The van der Waals surface area contributed by atoms with Crippen molar-refractivity contribution in [3.8, 4) is 0 Å². The number of amidine groups is 1. The Morgan fingerprint density at radius 1 is 1.26 bits per heavy atom. The maximum atomic E-state index is 12.9. The molecule has 0 bridgehead atoms. The lowest BCUT2D eigenvalue weighted by Crippen LogP contribution is -2.62. The van der Waals surface area contributed by atoms with Gasteiger partial charge in [0.15, 0.2) is 0 Å². The average Bonchev–Trinajstić information content (AvgIpc) is 3.06. The number of aliphatic imine (C=N–C) groups is 1. The van der Waals surface area contributed by atoms with Crippen LogP contribution in [0.2, 0.25) is 0 Å². The van der Waals surface area contributed by atoms with Crippen LogP contribution in [-0.2, 0) is 11.3 Å². The summed E-state index contributed by atoms with van der Waals surface area (Å²) >= 11 is 0. The molecule has 1 fully saturated rings. The topological polar surface area (TPSA) is 70.0 Å². The summed E-state index contributed by atoms with van der Waals surface area (Å²) in [5, 5.41) is 0. The van der Waals surface area contributed by atoms with Crippen LogP contribution in [0, 0.1) is 6.92 Å². The number of hydrogen-bond acceptors (Lipinski definition) is 4. The Hall–Kier alpha value is -2.96. The van der Waals surface area contributed by atoms with E-state index in [2.05, 4.69) is 4.99 Å². The maximum absolute atomic E-state index is 12.9. The van der Waals surface area contributed by atoms with Crippen LogP contribution in [0.25, 0.3) is 0 Å². The summed E-state index contributed by atoms with van der Waals surface area (Å²) in [6.45, 7) is 2.03. The molecule has 0 saturated carbocycles. The Kier molecular flexibility index (Phi) is 2.84. The second-order valence-corrected chi connectivity index (χ2v) is 5.66. The van der Waals surface area contributed by atoms with Crippen LogP contribution in [-0.4, -0.2) is 34.6 Å². The number of aryl methyl sites for hydroxylation is 1. The van der Waals surface area contributed by atoms with E-state index in [0.29, 0.717) is 17.6 Å². The van der Waals surface area contributed by atoms with Gasteiger partial charge in [-0.05, 0) is 12.5 Å². The zero-order valence-corrected chi connectivity index (χ0v) is 12.8. The van der Waals surface area contributed by atoms with Crippen molar-refractivity contribution in [1.29, 1.82) is 0 Å². The lowest BCUT2D eigenvalue weighted by Gasteiger charge is -2.32. The van der Waals surface area contributed by atoms with Gasteiger partial charge < -0.3 is 4.42 Å². The summed E-state index contributed by atoms with van der Waals surface area (Å²) in [5.74, 6) is 0.785. The lowest BCUT2D eigenvalue weighted by molar-refractivity contribution is -0.679. The number of imide groups is 1. The van der Waals surface area contributed by atoms with Crippen molar-refractivity contribution in [2.75, 3.05) is 7.05 Å². The van der Waals surface area contributed by atoms with Gasteiger partial charge in [0, 0.05) is 12.0 Å². The third-order valence-electron chi connectivity index (χ3n) is 4.07. The summed E-state index contributed by atoms with van der Waals surface area (Å²) in [6, 6.07) is 8.76. The molecule has 23 heavy (non-hydrogen) atoms. The second-order valence-electron chi connectivity index (χ2n) is 5.66. The molecule has 1 aromatic heterocycles. The van der Waals surface area contributed by atoms with Gasteiger partial charge in [-0.3, -0.25) is 14.6 Å². The van der Waals surface area contributed by atoms with E-state index in [4.69, 9.17) is 4.42 Å². The third kappa shape index (κ3) is 1.97. The summed E-state index contributed by atoms with van der Waals surface area (Å²) in [5.41, 5.74) is 0.898. The molecule has 0 spiro atoms. The molecule has 7 heteroatoms. The molecule has 4 rings (SSSR count). The molecule has 0 N–H and O–H groups in total. The number of amides is 3. The number of likely N-dealkylation sites (N-methyl/N-ethyl adjacent to an activating group) is 1. The fourth-order valence-electron chi connectivity index (χ4n) is 2.94. The average molecular weight is 311 g/mol. The molecule has 3 heterocycles. The molecule has 2 aliphatic heterocycles. The van der Waals surface area contributed by atoms with E-state index < -0.39 is 6.04 Å². The highest BCUT2D eigenvalue weighted by Crippen LogP contribution is 2.29. The van der Waals surface area contributed by atoms with Gasteiger partial charge >= 0.3 is 12.0 Å². The molecular formula is C16H15N4O3+. The Labute approximate surface area is 132 Å². The number of urea groups is 1. The Bertz CT molecular complexity index is 840. The quantitative estimate of drug-likeness (QED) is 0.790. The van der Waals surface area contributed by atoms with Crippen LogP contribution in [0.1, 0.15) is 17.4 Å². The van der Waals surface area contributed by atoms with E-state index in [0.717, 1.165) is 5.56 Å². The first-order valence-electron chi connectivity index (χ1n) is 7.29. The van der Waals surface area contributed by atoms with Crippen molar-refractivity contribution < 1.29 is 18.6 Å². The van der Waals surface area contributed by atoms with Crippen molar-refractivity contribution >= 4 is 23.8 Å². The summed E-state index contributed by atoms with van der Waals surface area (Å²) < 4.78 is 7.14. The first-order valence-corrected chi connectivity index (χ1v) is 7.29. The first-order chi connectivity index (χ1) is 11.1. The molecule has 2 aromatic rings. The Balaban J connectivity index is 1.72. The van der Waals surface area contributed by atoms with E-state index in [9.17, 15) is 9.59 Å². The highest BCUT2D eigenvalue weighted by atomic mass is 16.4. The zero-order valence-electron chi connectivity index (χ0n) is 12.8. The molecule has 1 atom stereocenters. The summed E-state index contributed by atoms with van der Waals surface area (Å²) in [4.78, 5) is 32.4. The predicted octanol–water partition coefficient (Wildman–Crippen LogP) is 1.55. The fraction of sp³-hybridized carbons (Fsp3) is 0.250. The molecule has 2 aliphatic rings. The van der Waals surface area contributed by atoms with Crippen molar-refractivity contribution in [3.63, 3.8) is 0 Å². The van der Waals surface area contributed by atoms with Gasteiger partial charge in [-0.25, -0.2) is 4.79 Å². The highest BCUT2D eigenvalue weighted by molar-refractivity contribution is 6.18. The number of oxazole rings is 1. The minimum absolute atomic E-state index is 0.235. The van der Waals surface area contributed by atoms with E-state index in [1.54, 1.807) is 24.7 Å². The van der Waals surface area contributed by atoms with E-state index >= 15 is 0 Å². The largest absolute Gasteiger partial charge is 0.506 e. The number of nitrogens with zero attached hydrogens (tertiary/aromatic N) is 4. The minimum Gasteiger partial charge on any atom is -0.390 e. The lowest BCUT2D eigenvalue weighted by atomic mass is 10.1. The third-order valence-corrected chi connectivity index (χ3v) is 4.07. The molecule has 3 amide bonds. The molecule has 1 saturated heterocycles. The van der Waals surface area contributed by atoms with Gasteiger partial charge in [-0.1, -0.05) is 30.3 Å². The number of rotatable bonds is 2. The minimum atomic E-state index is -0.645. The molecular weight excluding hydrogens is 296 g/mol. The van der Waals surface area contributed by atoms with Crippen LogP contribution in [0.5, 0.6) is 0 Å². The zero-order chi connectivity index (χ0) is 16.1. The molecule has 0 aliphatic carbocycles. The van der Waals surface area contributed by atoms with E-state index in [-0.39, 0.29) is 18.5 Å². The Morgan fingerprint density at radius 2 is 2.00 bits per heavy atom. The van der Waals surface area contributed by atoms with Crippen molar-refractivity contribution in [2.24, 2.45) is 4.99 Å². The van der Waals surface area contributed by atoms with Gasteiger partial charge in [0.1, 0.15) is 12.0 Å². The van der Waals surface area contributed by atoms with Crippen molar-refractivity contribution in [2.45, 2.75) is 19.5 Å². The van der Waals surface area contributed by atoms with Crippen LogP contribution < -0.4 is 4.57 Å². The van der Waals surface area contributed by atoms with Crippen molar-refractivity contribution in [3.05, 3.63) is 47.9 Å². The maximum Gasteiger partial charge on any atom is 0.506 e. The highest BCUT2D eigenvalue weighted by Gasteiger charge is 2.54. The van der Waals surface area contributed by atoms with E-state index in [1.165, 1.54) is 9.80 Å². The monoisotopic (exact) mass is 311 g/mol. The van der Waals surface area contributed by atoms with Crippen LogP contribution in [0.15, 0.2) is 45.9 Å². The van der Waals surface area contributed by atoms with Crippen LogP contribution in [0.3, 0.4) is 0 Å². The molecule has 7 nitrogen and oxygen atoms in total. The molecule has 0 radical (unpaired) electrons. The van der Waals surface area contributed by atoms with Gasteiger partial charge in [0.25, 0.3) is 17.8 Å².